The zero-order valence-corrected chi connectivity index (χ0v) is 12.4. The fourth-order valence-electron chi connectivity index (χ4n) is 2.11. The molecule has 0 aromatic heterocycles. The van der Waals surface area contributed by atoms with Crippen molar-refractivity contribution in [2.75, 3.05) is 37.7 Å². The summed E-state index contributed by atoms with van der Waals surface area (Å²) >= 11 is 1.46. The highest BCUT2D eigenvalue weighted by atomic mass is 32.2. The predicted octanol–water partition coefficient (Wildman–Crippen LogP) is 1.05. The van der Waals surface area contributed by atoms with Gasteiger partial charge in [0.2, 0.25) is 11.8 Å². The van der Waals surface area contributed by atoms with Gasteiger partial charge in [-0.2, -0.15) is 0 Å². The fourth-order valence-corrected chi connectivity index (χ4v) is 2.98. The molecule has 1 heterocycles. The Morgan fingerprint density at radius 3 is 2.35 bits per heavy atom. The van der Waals surface area contributed by atoms with E-state index in [1.165, 1.54) is 11.8 Å². The highest BCUT2D eigenvalue weighted by molar-refractivity contribution is 8.00. The second-order valence-corrected chi connectivity index (χ2v) is 5.73. The van der Waals surface area contributed by atoms with E-state index in [9.17, 15) is 9.59 Å². The number of amides is 2. The largest absolute Gasteiger partial charge is 0.398 e. The molecule has 1 aliphatic heterocycles. The normalized spacial score (nSPS) is 15.2. The molecule has 2 amide bonds. The number of nitrogens with zero attached hydrogens (tertiary/aromatic N) is 2. The van der Waals surface area contributed by atoms with Crippen molar-refractivity contribution >= 4 is 29.3 Å². The number of thioether (sulfide) groups is 1. The molecule has 0 unspecified atom stereocenters. The number of nitrogens with two attached hydrogens (primary N) is 1. The Morgan fingerprint density at radius 2 is 1.75 bits per heavy atom. The summed E-state index contributed by atoms with van der Waals surface area (Å²) in [7, 11) is 0. The number of piperazine rings is 1. The standard InChI is InChI=1S/C14H19N3O2S/c1-11(18)16-6-8-17(9-7-16)14(19)10-20-13-5-3-2-4-12(13)15/h2-5H,6-10,15H2,1H3. The van der Waals surface area contributed by atoms with Gasteiger partial charge in [0.1, 0.15) is 0 Å². The van der Waals surface area contributed by atoms with Gasteiger partial charge in [-0.25, -0.2) is 0 Å². The van der Waals surface area contributed by atoms with Crippen LogP contribution in [0.3, 0.4) is 0 Å². The summed E-state index contributed by atoms with van der Waals surface area (Å²) in [6.45, 7) is 4.04. The van der Waals surface area contributed by atoms with Crippen molar-refractivity contribution in [3.63, 3.8) is 0 Å². The summed E-state index contributed by atoms with van der Waals surface area (Å²) in [4.78, 5) is 27.9. The Kier molecular flexibility index (Phi) is 4.89. The van der Waals surface area contributed by atoms with Gasteiger partial charge in [-0.1, -0.05) is 12.1 Å². The summed E-state index contributed by atoms with van der Waals surface area (Å²) in [6.07, 6.45) is 0. The summed E-state index contributed by atoms with van der Waals surface area (Å²) in [5, 5.41) is 0. The highest BCUT2D eigenvalue weighted by Crippen LogP contribution is 2.24. The maximum absolute atomic E-state index is 12.1. The van der Waals surface area contributed by atoms with Crippen LogP contribution in [0.1, 0.15) is 6.92 Å². The van der Waals surface area contributed by atoms with Crippen LogP contribution in [0.5, 0.6) is 0 Å². The van der Waals surface area contributed by atoms with Crippen molar-refractivity contribution in [3.8, 4) is 0 Å². The lowest BCUT2D eigenvalue weighted by molar-refractivity contribution is -0.136. The number of carbonyl (C=O) groups is 2. The van der Waals surface area contributed by atoms with E-state index >= 15 is 0 Å². The third kappa shape index (κ3) is 3.66. The maximum Gasteiger partial charge on any atom is 0.233 e. The van der Waals surface area contributed by atoms with Crippen LogP contribution >= 0.6 is 11.8 Å². The Hall–Kier alpha value is -1.69. The summed E-state index contributed by atoms with van der Waals surface area (Å²) in [5.74, 6) is 0.555. The van der Waals surface area contributed by atoms with Gasteiger partial charge in [0.15, 0.2) is 0 Å². The van der Waals surface area contributed by atoms with Crippen LogP contribution in [-0.2, 0) is 9.59 Å². The van der Waals surface area contributed by atoms with Crippen molar-refractivity contribution in [2.24, 2.45) is 0 Å². The fraction of sp³-hybridized carbons (Fsp3) is 0.429. The van der Waals surface area contributed by atoms with Gasteiger partial charge in [-0.3, -0.25) is 9.59 Å². The van der Waals surface area contributed by atoms with Gasteiger partial charge < -0.3 is 15.5 Å². The third-order valence-corrected chi connectivity index (χ3v) is 4.42. The summed E-state index contributed by atoms with van der Waals surface area (Å²) in [6, 6.07) is 7.54. The van der Waals surface area contributed by atoms with Gasteiger partial charge >= 0.3 is 0 Å². The van der Waals surface area contributed by atoms with E-state index in [0.29, 0.717) is 37.6 Å². The second-order valence-electron chi connectivity index (χ2n) is 4.71. The molecule has 1 aromatic rings. The molecule has 2 N–H and O–H groups in total. The van der Waals surface area contributed by atoms with Gasteiger partial charge in [0.25, 0.3) is 0 Å². The Morgan fingerprint density at radius 1 is 1.15 bits per heavy atom. The van der Waals surface area contributed by atoms with Crippen molar-refractivity contribution in [1.29, 1.82) is 0 Å². The Bertz CT molecular complexity index is 499. The predicted molar refractivity (Wildman–Crippen MR) is 80.4 cm³/mol. The highest BCUT2D eigenvalue weighted by Gasteiger charge is 2.22. The molecule has 5 nitrogen and oxygen atoms in total. The van der Waals surface area contributed by atoms with Crippen LogP contribution < -0.4 is 5.73 Å². The minimum absolute atomic E-state index is 0.0727. The quantitative estimate of drug-likeness (QED) is 0.668. The van der Waals surface area contributed by atoms with Gasteiger partial charge in [-0.05, 0) is 12.1 Å². The molecule has 1 aliphatic rings. The number of anilines is 1. The molecule has 0 atom stereocenters. The zero-order valence-electron chi connectivity index (χ0n) is 11.5. The molecule has 0 aliphatic carbocycles. The van der Waals surface area contributed by atoms with E-state index < -0.39 is 0 Å². The summed E-state index contributed by atoms with van der Waals surface area (Å²) < 4.78 is 0. The van der Waals surface area contributed by atoms with Crippen LogP contribution in [0.25, 0.3) is 0 Å². The van der Waals surface area contributed by atoms with Gasteiger partial charge in [-0.15, -0.1) is 11.8 Å². The molecule has 0 spiro atoms. The van der Waals surface area contributed by atoms with Gasteiger partial charge in [0.05, 0.1) is 5.75 Å². The molecule has 0 bridgehead atoms. The Labute approximate surface area is 123 Å². The summed E-state index contributed by atoms with van der Waals surface area (Å²) in [5.41, 5.74) is 6.55. The number of rotatable bonds is 3. The molecule has 1 aromatic carbocycles. The first-order valence-corrected chi connectivity index (χ1v) is 7.57. The molecular weight excluding hydrogens is 274 g/mol. The van der Waals surface area contributed by atoms with Gasteiger partial charge in [0, 0.05) is 43.7 Å². The lowest BCUT2D eigenvalue weighted by Crippen LogP contribution is -2.50. The van der Waals surface area contributed by atoms with Crippen LogP contribution in [0.4, 0.5) is 5.69 Å². The van der Waals surface area contributed by atoms with E-state index in [4.69, 9.17) is 5.73 Å². The first kappa shape index (κ1) is 14.7. The first-order valence-electron chi connectivity index (χ1n) is 6.58. The van der Waals surface area contributed by atoms with E-state index in [2.05, 4.69) is 0 Å². The lowest BCUT2D eigenvalue weighted by Gasteiger charge is -2.34. The third-order valence-electron chi connectivity index (χ3n) is 3.35. The molecule has 0 saturated carbocycles. The second kappa shape index (κ2) is 6.65. The monoisotopic (exact) mass is 293 g/mol. The van der Waals surface area contributed by atoms with Crippen LogP contribution in [0.15, 0.2) is 29.2 Å². The average molecular weight is 293 g/mol. The molecule has 1 fully saturated rings. The molecule has 6 heteroatoms. The van der Waals surface area contributed by atoms with E-state index in [1.807, 2.05) is 29.2 Å². The number of hydrogen-bond donors (Lipinski definition) is 1. The first-order chi connectivity index (χ1) is 9.58. The Balaban J connectivity index is 1.82. The zero-order chi connectivity index (χ0) is 14.5. The van der Waals surface area contributed by atoms with Crippen molar-refractivity contribution < 1.29 is 9.59 Å². The van der Waals surface area contributed by atoms with Crippen LogP contribution in [-0.4, -0.2) is 53.5 Å². The molecular formula is C14H19N3O2S. The van der Waals surface area contributed by atoms with Crippen molar-refractivity contribution in [1.82, 2.24) is 9.80 Å². The van der Waals surface area contributed by atoms with Crippen LogP contribution in [0.2, 0.25) is 0 Å². The van der Waals surface area contributed by atoms with Crippen molar-refractivity contribution in [2.45, 2.75) is 11.8 Å². The average Bonchev–Trinajstić information content (AvgIpc) is 2.46. The SMILES string of the molecule is CC(=O)N1CCN(C(=O)CSc2ccccc2N)CC1. The topological polar surface area (TPSA) is 66.6 Å². The smallest absolute Gasteiger partial charge is 0.233 e. The number of benzene rings is 1. The maximum atomic E-state index is 12.1. The van der Waals surface area contributed by atoms with Crippen molar-refractivity contribution in [3.05, 3.63) is 24.3 Å². The molecule has 2 rings (SSSR count). The van der Waals surface area contributed by atoms with Crippen LogP contribution in [0, 0.1) is 0 Å². The number of para-hydroxylation sites is 1. The van der Waals surface area contributed by atoms with E-state index in [-0.39, 0.29) is 11.8 Å². The minimum atomic E-state index is 0.0727. The lowest BCUT2D eigenvalue weighted by atomic mass is 10.3. The molecule has 20 heavy (non-hydrogen) atoms. The number of nitrogen functional groups attached to an aromatic ring is 1. The molecule has 108 valence electrons. The molecule has 1 saturated heterocycles. The van der Waals surface area contributed by atoms with E-state index in [0.717, 1.165) is 4.90 Å². The number of hydrogen-bond acceptors (Lipinski definition) is 4. The number of carbonyl (C=O) groups excluding carboxylic acids is 2. The minimum Gasteiger partial charge on any atom is -0.398 e. The molecule has 0 radical (unpaired) electrons. The van der Waals surface area contributed by atoms with E-state index in [1.54, 1.807) is 11.8 Å².